The van der Waals surface area contributed by atoms with Crippen molar-refractivity contribution in [3.8, 4) is 0 Å². The maximum atomic E-state index is 4.07. The average molecular weight is 120 g/mol. The zero-order chi connectivity index (χ0) is 6.10. The standard InChI is InChI=1S/C6H5N3/c1-3-7-6-2-4-8-9(6)5-1/h1-5H/p+1. The van der Waals surface area contributed by atoms with Crippen molar-refractivity contribution in [1.82, 2.24) is 10.1 Å². The highest BCUT2D eigenvalue weighted by Gasteiger charge is 1.97. The van der Waals surface area contributed by atoms with Gasteiger partial charge < -0.3 is 0 Å². The van der Waals surface area contributed by atoms with E-state index in [2.05, 4.69) is 10.1 Å². The summed E-state index contributed by atoms with van der Waals surface area (Å²) >= 11 is 0. The lowest BCUT2D eigenvalue weighted by molar-refractivity contribution is -0.579. The molecule has 0 fully saturated rings. The number of fused-ring (bicyclic) bond motifs is 1. The van der Waals surface area contributed by atoms with Crippen LogP contribution >= 0.6 is 0 Å². The van der Waals surface area contributed by atoms with E-state index >= 15 is 0 Å². The molecule has 0 atom stereocenters. The zero-order valence-electron chi connectivity index (χ0n) is 4.78. The first-order valence-electron chi connectivity index (χ1n) is 2.76. The van der Waals surface area contributed by atoms with Crippen LogP contribution in [-0.2, 0) is 0 Å². The van der Waals surface area contributed by atoms with Gasteiger partial charge in [-0.2, -0.15) is 0 Å². The maximum Gasteiger partial charge on any atom is 0.347 e. The Labute approximate surface area is 52.0 Å². The number of nitrogens with one attached hydrogen (secondary N) is 1. The summed E-state index contributed by atoms with van der Waals surface area (Å²) in [6.45, 7) is 0. The molecule has 44 valence electrons. The minimum atomic E-state index is 0.942. The van der Waals surface area contributed by atoms with Gasteiger partial charge in [0, 0.05) is 12.3 Å². The highest BCUT2D eigenvalue weighted by molar-refractivity contribution is 5.24. The number of aromatic nitrogens is 3. The minimum absolute atomic E-state index is 0.942. The number of H-pyrrole nitrogens is 1. The van der Waals surface area contributed by atoms with Gasteiger partial charge >= 0.3 is 5.65 Å². The van der Waals surface area contributed by atoms with Crippen LogP contribution in [0.4, 0.5) is 0 Å². The minimum Gasteiger partial charge on any atom is -0.231 e. The number of hydrogen-bond donors (Lipinski definition) is 1. The van der Waals surface area contributed by atoms with Gasteiger partial charge in [-0.25, -0.2) is 5.10 Å². The Morgan fingerprint density at radius 3 is 3.44 bits per heavy atom. The molecule has 2 heterocycles. The Morgan fingerprint density at radius 1 is 1.56 bits per heavy atom. The zero-order valence-corrected chi connectivity index (χ0v) is 4.78. The molecule has 0 aliphatic rings. The molecule has 0 aliphatic carbocycles. The molecule has 2 aromatic heterocycles. The molecule has 0 aromatic carbocycles. The molecule has 0 saturated heterocycles. The molecule has 0 radical (unpaired) electrons. The van der Waals surface area contributed by atoms with Crippen LogP contribution in [0.5, 0.6) is 0 Å². The van der Waals surface area contributed by atoms with Gasteiger partial charge in [-0.3, -0.25) is 0 Å². The van der Waals surface area contributed by atoms with Crippen LogP contribution in [0.25, 0.3) is 5.65 Å². The second-order valence-electron chi connectivity index (χ2n) is 1.81. The van der Waals surface area contributed by atoms with E-state index in [1.807, 2.05) is 29.0 Å². The molecule has 0 bridgehead atoms. The molecule has 0 aliphatic heterocycles. The Hall–Kier alpha value is -1.38. The number of aromatic amines is 1. The third-order valence-electron chi connectivity index (χ3n) is 1.22. The van der Waals surface area contributed by atoms with Crippen LogP contribution in [0.3, 0.4) is 0 Å². The number of hydrogen-bond acceptors (Lipinski definition) is 1. The van der Waals surface area contributed by atoms with Gasteiger partial charge in [0.25, 0.3) is 0 Å². The van der Waals surface area contributed by atoms with E-state index in [-0.39, 0.29) is 0 Å². The maximum absolute atomic E-state index is 4.07. The molecule has 3 heteroatoms. The molecule has 0 unspecified atom stereocenters. The van der Waals surface area contributed by atoms with E-state index in [0.29, 0.717) is 0 Å². The van der Waals surface area contributed by atoms with Gasteiger partial charge in [-0.05, 0) is 4.98 Å². The number of nitrogens with zero attached hydrogens (tertiary/aromatic N) is 2. The Balaban J connectivity index is 2.95. The fraction of sp³-hybridized carbons (Fsp3) is 0. The quantitative estimate of drug-likeness (QED) is 0.493. The van der Waals surface area contributed by atoms with Gasteiger partial charge in [0.05, 0.1) is 6.07 Å². The first kappa shape index (κ1) is 4.49. The second kappa shape index (κ2) is 1.55. The van der Waals surface area contributed by atoms with Crippen molar-refractivity contribution in [2.45, 2.75) is 0 Å². The lowest BCUT2D eigenvalue weighted by atomic mass is 10.6. The average Bonchev–Trinajstić information content (AvgIpc) is 2.33. The SMILES string of the molecule is c1cnc2cc[nH][n+]2c1. The van der Waals surface area contributed by atoms with Crippen LogP contribution in [0.15, 0.2) is 30.7 Å². The second-order valence-corrected chi connectivity index (χ2v) is 1.81. The monoisotopic (exact) mass is 120 g/mol. The van der Waals surface area contributed by atoms with E-state index in [1.54, 1.807) is 6.20 Å². The summed E-state index contributed by atoms with van der Waals surface area (Å²) < 4.78 is 1.85. The predicted molar refractivity (Wildman–Crippen MR) is 31.7 cm³/mol. The van der Waals surface area contributed by atoms with E-state index < -0.39 is 0 Å². The normalized spacial score (nSPS) is 10.2. The Morgan fingerprint density at radius 2 is 2.56 bits per heavy atom. The summed E-state index contributed by atoms with van der Waals surface area (Å²) in [6.07, 6.45) is 5.54. The van der Waals surface area contributed by atoms with Crippen molar-refractivity contribution in [3.05, 3.63) is 30.7 Å². The van der Waals surface area contributed by atoms with Gasteiger partial charge in [-0.1, -0.05) is 0 Å². The molecule has 2 rings (SSSR count). The fourth-order valence-corrected chi connectivity index (χ4v) is 0.807. The summed E-state index contributed by atoms with van der Waals surface area (Å²) in [5, 5.41) is 2.97. The number of rotatable bonds is 0. The van der Waals surface area contributed by atoms with E-state index in [9.17, 15) is 0 Å². The van der Waals surface area contributed by atoms with Crippen molar-refractivity contribution >= 4 is 5.65 Å². The van der Waals surface area contributed by atoms with Gasteiger partial charge in [0.1, 0.15) is 12.4 Å². The molecular formula is C6H6N3+. The third-order valence-corrected chi connectivity index (χ3v) is 1.22. The summed E-state index contributed by atoms with van der Waals surface area (Å²) in [4.78, 5) is 4.07. The van der Waals surface area contributed by atoms with Crippen molar-refractivity contribution in [2.75, 3.05) is 0 Å². The van der Waals surface area contributed by atoms with E-state index in [1.165, 1.54) is 0 Å². The molecule has 9 heavy (non-hydrogen) atoms. The smallest absolute Gasteiger partial charge is 0.231 e. The van der Waals surface area contributed by atoms with Gasteiger partial charge in [0.2, 0.25) is 0 Å². The Bertz CT molecular complexity index is 282. The fourth-order valence-electron chi connectivity index (χ4n) is 0.807. The van der Waals surface area contributed by atoms with Crippen molar-refractivity contribution in [1.29, 1.82) is 0 Å². The molecule has 1 N–H and O–H groups in total. The molecular weight excluding hydrogens is 114 g/mol. The van der Waals surface area contributed by atoms with E-state index in [0.717, 1.165) is 5.65 Å². The van der Waals surface area contributed by atoms with Crippen LogP contribution in [0.2, 0.25) is 0 Å². The summed E-state index contributed by atoms with van der Waals surface area (Å²) in [7, 11) is 0. The molecule has 0 amide bonds. The Kier molecular flexibility index (Phi) is 0.773. The van der Waals surface area contributed by atoms with Crippen LogP contribution in [-0.4, -0.2) is 10.1 Å². The molecule has 0 spiro atoms. The topological polar surface area (TPSA) is 32.8 Å². The van der Waals surface area contributed by atoms with Crippen LogP contribution in [0.1, 0.15) is 0 Å². The lowest BCUT2D eigenvalue weighted by Gasteiger charge is -1.75. The van der Waals surface area contributed by atoms with Gasteiger partial charge in [-0.15, -0.1) is 4.52 Å². The molecule has 2 aromatic rings. The first-order chi connectivity index (χ1) is 4.47. The van der Waals surface area contributed by atoms with Crippen molar-refractivity contribution < 1.29 is 4.52 Å². The van der Waals surface area contributed by atoms with Crippen LogP contribution < -0.4 is 4.52 Å². The predicted octanol–water partition coefficient (Wildman–Crippen LogP) is 0.148. The largest absolute Gasteiger partial charge is 0.347 e. The van der Waals surface area contributed by atoms with Gasteiger partial charge in [0.15, 0.2) is 0 Å². The highest BCUT2D eigenvalue weighted by Crippen LogP contribution is 1.84. The molecule has 3 nitrogen and oxygen atoms in total. The van der Waals surface area contributed by atoms with Crippen molar-refractivity contribution in [3.63, 3.8) is 0 Å². The summed E-state index contributed by atoms with van der Waals surface area (Å²) in [6, 6.07) is 3.80. The lowest BCUT2D eigenvalue weighted by Crippen LogP contribution is -2.21. The van der Waals surface area contributed by atoms with Crippen molar-refractivity contribution in [2.24, 2.45) is 0 Å². The third kappa shape index (κ3) is 0.579. The summed E-state index contributed by atoms with van der Waals surface area (Å²) in [5.74, 6) is 0. The van der Waals surface area contributed by atoms with E-state index in [4.69, 9.17) is 0 Å². The summed E-state index contributed by atoms with van der Waals surface area (Å²) in [5.41, 5.74) is 0.942. The molecule has 0 saturated carbocycles. The van der Waals surface area contributed by atoms with Crippen LogP contribution in [0, 0.1) is 0 Å². The highest BCUT2D eigenvalue weighted by atomic mass is 15.2. The first-order valence-corrected chi connectivity index (χ1v) is 2.76.